The van der Waals surface area contributed by atoms with Crippen molar-refractivity contribution in [2.24, 2.45) is 0 Å². The van der Waals surface area contributed by atoms with Gasteiger partial charge < -0.3 is 4.74 Å². The highest BCUT2D eigenvalue weighted by molar-refractivity contribution is 5.73. The third-order valence-corrected chi connectivity index (χ3v) is 2.74. The molecule has 0 bridgehead atoms. The Hall–Kier alpha value is -1.32. The van der Waals surface area contributed by atoms with Gasteiger partial charge in [-0.3, -0.25) is 4.68 Å². The molecule has 1 rings (SSSR count). The van der Waals surface area contributed by atoms with E-state index in [9.17, 15) is 4.79 Å². The Kier molecular flexibility index (Phi) is 3.50. The van der Waals surface area contributed by atoms with Crippen molar-refractivity contribution in [2.75, 3.05) is 7.11 Å². The lowest BCUT2D eigenvalue weighted by Gasteiger charge is -2.11. The van der Waals surface area contributed by atoms with Gasteiger partial charge in [-0.05, 0) is 32.8 Å². The quantitative estimate of drug-likeness (QED) is 0.714. The first-order valence-electron chi connectivity index (χ1n) is 5.15. The molecule has 0 spiro atoms. The molecule has 0 aromatic carbocycles. The molecule has 0 aliphatic carbocycles. The smallest absolute Gasteiger partial charge is 0.330 e. The van der Waals surface area contributed by atoms with Crippen LogP contribution in [0.5, 0.6) is 0 Å². The zero-order valence-corrected chi connectivity index (χ0v) is 10.00. The van der Waals surface area contributed by atoms with E-state index in [1.165, 1.54) is 12.7 Å². The third-order valence-electron chi connectivity index (χ3n) is 2.74. The van der Waals surface area contributed by atoms with Gasteiger partial charge in [0.15, 0.2) is 0 Å². The molecule has 4 nitrogen and oxygen atoms in total. The summed E-state index contributed by atoms with van der Waals surface area (Å²) in [6.07, 6.45) is 0.936. The summed E-state index contributed by atoms with van der Waals surface area (Å²) in [7, 11) is 1.39. The van der Waals surface area contributed by atoms with Crippen molar-refractivity contribution in [2.45, 2.75) is 40.2 Å². The summed E-state index contributed by atoms with van der Waals surface area (Å²) in [5, 5.41) is 4.37. The number of aromatic nitrogens is 2. The molecule has 0 unspecified atom stereocenters. The monoisotopic (exact) mass is 210 g/mol. The normalized spacial score (nSPS) is 12.6. The van der Waals surface area contributed by atoms with E-state index in [1.54, 1.807) is 11.6 Å². The van der Waals surface area contributed by atoms with Crippen LogP contribution >= 0.6 is 0 Å². The molecule has 1 atom stereocenters. The summed E-state index contributed by atoms with van der Waals surface area (Å²) in [5.41, 5.74) is 3.25. The van der Waals surface area contributed by atoms with Crippen LogP contribution in [0.15, 0.2) is 0 Å². The number of nitrogens with zero attached hydrogens (tertiary/aromatic N) is 2. The Morgan fingerprint density at radius 3 is 2.53 bits per heavy atom. The van der Waals surface area contributed by atoms with Gasteiger partial charge in [0.05, 0.1) is 12.8 Å². The van der Waals surface area contributed by atoms with E-state index >= 15 is 0 Å². The van der Waals surface area contributed by atoms with E-state index in [4.69, 9.17) is 4.74 Å². The van der Waals surface area contributed by atoms with Gasteiger partial charge in [-0.25, -0.2) is 4.79 Å². The number of hydrogen-bond donors (Lipinski definition) is 0. The van der Waals surface area contributed by atoms with E-state index < -0.39 is 0 Å². The summed E-state index contributed by atoms with van der Waals surface area (Å²) in [5.74, 6) is -0.261. The van der Waals surface area contributed by atoms with E-state index in [1.807, 2.05) is 13.8 Å². The molecule has 0 aliphatic heterocycles. The van der Waals surface area contributed by atoms with Gasteiger partial charge in [-0.15, -0.1) is 0 Å². The Labute approximate surface area is 90.2 Å². The van der Waals surface area contributed by atoms with Crippen molar-refractivity contribution in [3.05, 3.63) is 17.0 Å². The number of esters is 1. The Morgan fingerprint density at radius 2 is 2.13 bits per heavy atom. The van der Waals surface area contributed by atoms with Crippen molar-refractivity contribution >= 4 is 5.97 Å². The van der Waals surface area contributed by atoms with Crippen LogP contribution in [0.2, 0.25) is 0 Å². The lowest BCUT2D eigenvalue weighted by molar-refractivity contribution is -0.144. The van der Waals surface area contributed by atoms with Crippen molar-refractivity contribution in [3.63, 3.8) is 0 Å². The zero-order valence-electron chi connectivity index (χ0n) is 10.00. The highest BCUT2D eigenvalue weighted by Crippen LogP contribution is 2.18. The molecular weight excluding hydrogens is 192 g/mol. The molecule has 84 valence electrons. The predicted molar refractivity (Wildman–Crippen MR) is 57.8 cm³/mol. The fourth-order valence-corrected chi connectivity index (χ4v) is 1.86. The van der Waals surface area contributed by atoms with Crippen molar-refractivity contribution < 1.29 is 9.53 Å². The van der Waals surface area contributed by atoms with Crippen LogP contribution in [0.25, 0.3) is 0 Å². The molecule has 0 radical (unpaired) electrons. The summed E-state index contributed by atoms with van der Waals surface area (Å²) in [4.78, 5) is 11.4. The van der Waals surface area contributed by atoms with Crippen LogP contribution in [0, 0.1) is 13.8 Å². The number of methoxy groups -OCH3 is 1. The van der Waals surface area contributed by atoms with Crippen molar-refractivity contribution in [1.29, 1.82) is 0 Å². The second-order valence-electron chi connectivity index (χ2n) is 3.65. The molecule has 4 heteroatoms. The summed E-state index contributed by atoms with van der Waals surface area (Å²) in [6, 6.07) is -0.353. The minimum atomic E-state index is -0.353. The third kappa shape index (κ3) is 2.03. The largest absolute Gasteiger partial charge is 0.467 e. The summed E-state index contributed by atoms with van der Waals surface area (Å²) >= 11 is 0. The van der Waals surface area contributed by atoms with Gasteiger partial charge in [-0.1, -0.05) is 6.92 Å². The summed E-state index contributed by atoms with van der Waals surface area (Å²) < 4.78 is 6.44. The van der Waals surface area contributed by atoms with Gasteiger partial charge in [-0.2, -0.15) is 5.10 Å². The maximum atomic E-state index is 11.4. The lowest BCUT2D eigenvalue weighted by atomic mass is 10.1. The second kappa shape index (κ2) is 4.47. The Morgan fingerprint density at radius 1 is 1.53 bits per heavy atom. The second-order valence-corrected chi connectivity index (χ2v) is 3.65. The standard InChI is InChI=1S/C11H18N2O2/c1-6-10-7(2)12-13(8(10)3)9(4)11(14)15-5/h9H,6H2,1-5H3/t9-/m0/s1. The van der Waals surface area contributed by atoms with Crippen LogP contribution in [0.4, 0.5) is 0 Å². The van der Waals surface area contributed by atoms with Gasteiger partial charge in [0.1, 0.15) is 6.04 Å². The van der Waals surface area contributed by atoms with Crippen LogP contribution in [-0.4, -0.2) is 22.9 Å². The molecule has 0 N–H and O–H groups in total. The minimum Gasteiger partial charge on any atom is -0.467 e. The fourth-order valence-electron chi connectivity index (χ4n) is 1.86. The SMILES string of the molecule is CCc1c(C)nn([C@@H](C)C(=O)OC)c1C. The van der Waals surface area contributed by atoms with E-state index in [2.05, 4.69) is 12.0 Å². The molecule has 0 fully saturated rings. The van der Waals surface area contributed by atoms with Crippen molar-refractivity contribution in [1.82, 2.24) is 9.78 Å². The van der Waals surface area contributed by atoms with Crippen LogP contribution in [0.1, 0.15) is 36.8 Å². The lowest BCUT2D eigenvalue weighted by Crippen LogP contribution is -2.20. The molecule has 1 heterocycles. The van der Waals surface area contributed by atoms with Crippen LogP contribution in [-0.2, 0) is 16.0 Å². The minimum absolute atomic E-state index is 0.261. The highest BCUT2D eigenvalue weighted by Gasteiger charge is 2.20. The Balaban J connectivity index is 3.10. The highest BCUT2D eigenvalue weighted by atomic mass is 16.5. The molecule has 0 saturated heterocycles. The zero-order chi connectivity index (χ0) is 11.6. The van der Waals surface area contributed by atoms with E-state index in [-0.39, 0.29) is 12.0 Å². The first kappa shape index (κ1) is 11.8. The number of carbonyl (C=O) groups is 1. The molecule has 0 amide bonds. The first-order valence-corrected chi connectivity index (χ1v) is 5.15. The average Bonchev–Trinajstić information content (AvgIpc) is 2.51. The number of ether oxygens (including phenoxy) is 1. The average molecular weight is 210 g/mol. The topological polar surface area (TPSA) is 44.1 Å². The fraction of sp³-hybridized carbons (Fsp3) is 0.636. The number of rotatable bonds is 3. The maximum Gasteiger partial charge on any atom is 0.330 e. The van der Waals surface area contributed by atoms with Gasteiger partial charge in [0.2, 0.25) is 0 Å². The first-order chi connectivity index (χ1) is 7.02. The molecule has 1 aromatic heterocycles. The number of hydrogen-bond acceptors (Lipinski definition) is 3. The van der Waals surface area contributed by atoms with Crippen molar-refractivity contribution in [3.8, 4) is 0 Å². The Bertz CT molecular complexity index is 369. The van der Waals surface area contributed by atoms with Gasteiger partial charge >= 0.3 is 5.97 Å². The van der Waals surface area contributed by atoms with E-state index in [0.717, 1.165) is 17.8 Å². The van der Waals surface area contributed by atoms with Crippen LogP contribution < -0.4 is 0 Å². The molecule has 15 heavy (non-hydrogen) atoms. The number of aryl methyl sites for hydroxylation is 1. The van der Waals surface area contributed by atoms with E-state index in [0.29, 0.717) is 0 Å². The van der Waals surface area contributed by atoms with Gasteiger partial charge in [0.25, 0.3) is 0 Å². The van der Waals surface area contributed by atoms with Crippen LogP contribution in [0.3, 0.4) is 0 Å². The number of carbonyl (C=O) groups excluding carboxylic acids is 1. The maximum absolute atomic E-state index is 11.4. The van der Waals surface area contributed by atoms with Gasteiger partial charge in [0, 0.05) is 5.69 Å². The molecule has 1 aromatic rings. The summed E-state index contributed by atoms with van der Waals surface area (Å²) in [6.45, 7) is 7.83. The predicted octanol–water partition coefficient (Wildman–Crippen LogP) is 1.80. The molecule has 0 saturated carbocycles. The molecular formula is C11H18N2O2. The molecule has 0 aliphatic rings.